The number of carbonyl (C=O) groups is 3. The molecule has 0 radical (unpaired) electrons. The molecule has 9 nitrogen and oxygen atoms in total. The number of hydrogen-bond acceptors (Lipinski definition) is 6. The third-order valence-corrected chi connectivity index (χ3v) is 4.19. The van der Waals surface area contributed by atoms with Crippen molar-refractivity contribution in [3.63, 3.8) is 0 Å². The van der Waals surface area contributed by atoms with Gasteiger partial charge in [0.25, 0.3) is 11.6 Å². The molecule has 2 rings (SSSR count). The van der Waals surface area contributed by atoms with Gasteiger partial charge in [-0.25, -0.2) is 9.59 Å². The highest BCUT2D eigenvalue weighted by Crippen LogP contribution is 2.24. The van der Waals surface area contributed by atoms with Crippen molar-refractivity contribution in [2.45, 2.75) is 44.8 Å². The Morgan fingerprint density at radius 1 is 1.31 bits per heavy atom. The molecule has 0 bridgehead atoms. The van der Waals surface area contributed by atoms with E-state index in [9.17, 15) is 24.5 Å². The van der Waals surface area contributed by atoms with Gasteiger partial charge in [-0.05, 0) is 31.9 Å². The van der Waals surface area contributed by atoms with Crippen LogP contribution in [-0.2, 0) is 9.53 Å². The van der Waals surface area contributed by atoms with Gasteiger partial charge in [0.1, 0.15) is 5.56 Å². The fourth-order valence-electron chi connectivity index (χ4n) is 2.61. The summed E-state index contributed by atoms with van der Waals surface area (Å²) in [4.78, 5) is 46.1. The second-order valence-electron chi connectivity index (χ2n) is 5.91. The maximum absolute atomic E-state index is 12.1. The van der Waals surface area contributed by atoms with Gasteiger partial charge in [0.2, 0.25) is 0 Å². The first-order valence-corrected chi connectivity index (χ1v) is 8.42. The molecular weight excluding hydrogens is 366 g/mol. The van der Waals surface area contributed by atoms with Gasteiger partial charge in [0.15, 0.2) is 6.10 Å². The molecule has 3 amide bonds. The number of nitrogens with zero attached hydrogens (tertiary/aromatic N) is 1. The van der Waals surface area contributed by atoms with E-state index in [2.05, 4.69) is 10.6 Å². The van der Waals surface area contributed by atoms with Crippen LogP contribution < -0.4 is 10.6 Å². The summed E-state index contributed by atoms with van der Waals surface area (Å²) >= 11 is 5.68. The second kappa shape index (κ2) is 8.61. The van der Waals surface area contributed by atoms with Crippen molar-refractivity contribution in [1.29, 1.82) is 0 Å². The van der Waals surface area contributed by atoms with E-state index in [0.717, 1.165) is 37.8 Å². The number of nitro groups is 1. The maximum Gasteiger partial charge on any atom is 0.345 e. The first kappa shape index (κ1) is 19.6. The van der Waals surface area contributed by atoms with E-state index < -0.39 is 34.6 Å². The van der Waals surface area contributed by atoms with Gasteiger partial charge < -0.3 is 10.1 Å². The molecule has 1 fully saturated rings. The largest absolute Gasteiger partial charge is 0.449 e. The van der Waals surface area contributed by atoms with Gasteiger partial charge >= 0.3 is 12.0 Å². The summed E-state index contributed by atoms with van der Waals surface area (Å²) < 4.78 is 4.92. The number of halogens is 1. The highest BCUT2D eigenvalue weighted by molar-refractivity contribution is 6.31. The SMILES string of the molecule is CC(OC(=O)c1ccc(Cl)cc1[N+](=O)[O-])C(=O)NC(=O)NC1CCCC1. The number of ether oxygens (including phenoxy) is 1. The smallest absolute Gasteiger partial charge is 0.345 e. The molecule has 10 heteroatoms. The fourth-order valence-corrected chi connectivity index (χ4v) is 2.78. The molecule has 0 aliphatic heterocycles. The highest BCUT2D eigenvalue weighted by atomic mass is 35.5. The molecule has 1 aliphatic carbocycles. The van der Waals surface area contributed by atoms with Crippen LogP contribution in [0.4, 0.5) is 10.5 Å². The van der Waals surface area contributed by atoms with E-state index in [-0.39, 0.29) is 16.6 Å². The van der Waals surface area contributed by atoms with Crippen molar-refractivity contribution < 1.29 is 24.0 Å². The van der Waals surface area contributed by atoms with Crippen molar-refractivity contribution in [1.82, 2.24) is 10.6 Å². The monoisotopic (exact) mass is 383 g/mol. The Bertz CT molecular complexity index is 733. The standard InChI is InChI=1S/C16H18ClN3O6/c1-9(14(21)19-16(23)18-11-4-2-3-5-11)26-15(22)12-7-6-10(17)8-13(12)20(24)25/h6-9,11H,2-5H2,1H3,(H2,18,19,21,23). The van der Waals surface area contributed by atoms with Gasteiger partial charge in [0, 0.05) is 17.1 Å². The first-order chi connectivity index (χ1) is 12.3. The van der Waals surface area contributed by atoms with Crippen molar-refractivity contribution in [2.24, 2.45) is 0 Å². The minimum Gasteiger partial charge on any atom is -0.449 e. The number of imide groups is 1. The Balaban J connectivity index is 1.94. The topological polar surface area (TPSA) is 128 Å². The zero-order chi connectivity index (χ0) is 19.3. The zero-order valence-corrected chi connectivity index (χ0v) is 14.7. The molecule has 2 N–H and O–H groups in total. The summed E-state index contributed by atoms with van der Waals surface area (Å²) in [7, 11) is 0. The Morgan fingerprint density at radius 2 is 1.96 bits per heavy atom. The average molecular weight is 384 g/mol. The van der Waals surface area contributed by atoms with Crippen LogP contribution in [0.3, 0.4) is 0 Å². The van der Waals surface area contributed by atoms with Crippen LogP contribution in [0, 0.1) is 10.1 Å². The van der Waals surface area contributed by atoms with Crippen molar-refractivity contribution in [3.05, 3.63) is 38.9 Å². The molecule has 1 aromatic rings. The van der Waals surface area contributed by atoms with E-state index >= 15 is 0 Å². The molecule has 1 atom stereocenters. The number of benzene rings is 1. The van der Waals surface area contributed by atoms with Gasteiger partial charge in [-0.15, -0.1) is 0 Å². The fraction of sp³-hybridized carbons (Fsp3) is 0.438. The van der Waals surface area contributed by atoms with Gasteiger partial charge in [-0.2, -0.15) is 0 Å². The van der Waals surface area contributed by atoms with Crippen molar-refractivity contribution in [3.8, 4) is 0 Å². The van der Waals surface area contributed by atoms with Crippen LogP contribution in [-0.4, -0.2) is 35.0 Å². The van der Waals surface area contributed by atoms with Crippen LogP contribution in [0.2, 0.25) is 5.02 Å². The summed E-state index contributed by atoms with van der Waals surface area (Å²) in [6.07, 6.45) is 2.44. The van der Waals surface area contributed by atoms with Crippen LogP contribution in [0.5, 0.6) is 0 Å². The third kappa shape index (κ3) is 5.16. The number of esters is 1. The van der Waals surface area contributed by atoms with Crippen LogP contribution >= 0.6 is 11.6 Å². The zero-order valence-electron chi connectivity index (χ0n) is 14.0. The number of carbonyl (C=O) groups excluding carboxylic acids is 3. The lowest BCUT2D eigenvalue weighted by Gasteiger charge is -2.15. The number of amides is 3. The van der Waals surface area contributed by atoms with Crippen LogP contribution in [0.25, 0.3) is 0 Å². The summed E-state index contributed by atoms with van der Waals surface area (Å²) in [5.74, 6) is -1.89. The highest BCUT2D eigenvalue weighted by Gasteiger charge is 2.27. The van der Waals surface area contributed by atoms with Crippen molar-refractivity contribution >= 4 is 35.2 Å². The first-order valence-electron chi connectivity index (χ1n) is 8.04. The predicted octanol–water partition coefficient (Wildman–Crippen LogP) is 2.56. The lowest BCUT2D eigenvalue weighted by atomic mass is 10.2. The van der Waals surface area contributed by atoms with E-state index in [1.807, 2.05) is 0 Å². The van der Waals surface area contributed by atoms with E-state index in [1.54, 1.807) is 0 Å². The van der Waals surface area contributed by atoms with E-state index in [4.69, 9.17) is 16.3 Å². The molecule has 1 unspecified atom stereocenters. The number of urea groups is 1. The quantitative estimate of drug-likeness (QED) is 0.457. The molecule has 1 saturated carbocycles. The number of rotatable bonds is 5. The van der Waals surface area contributed by atoms with Gasteiger partial charge in [-0.1, -0.05) is 24.4 Å². The molecule has 0 saturated heterocycles. The minimum absolute atomic E-state index is 0.0253. The van der Waals surface area contributed by atoms with E-state index in [1.165, 1.54) is 13.0 Å². The number of nitro benzene ring substituents is 1. The summed E-state index contributed by atoms with van der Waals surface area (Å²) in [6.45, 7) is 1.26. The molecule has 1 aromatic carbocycles. The molecule has 26 heavy (non-hydrogen) atoms. The van der Waals surface area contributed by atoms with Crippen LogP contribution in [0.15, 0.2) is 18.2 Å². The Kier molecular flexibility index (Phi) is 6.51. The normalized spacial score (nSPS) is 15.2. The molecule has 0 aromatic heterocycles. The molecular formula is C16H18ClN3O6. The maximum atomic E-state index is 12.1. The molecule has 1 aliphatic rings. The number of hydrogen-bond donors (Lipinski definition) is 2. The Hall–Kier alpha value is -2.68. The van der Waals surface area contributed by atoms with Crippen molar-refractivity contribution in [2.75, 3.05) is 0 Å². The van der Waals surface area contributed by atoms with E-state index in [0.29, 0.717) is 0 Å². The number of nitrogens with one attached hydrogen (secondary N) is 2. The minimum atomic E-state index is -1.31. The Labute approximate surface area is 154 Å². The molecule has 140 valence electrons. The lowest BCUT2D eigenvalue weighted by molar-refractivity contribution is -0.385. The predicted molar refractivity (Wildman–Crippen MR) is 91.9 cm³/mol. The molecule has 0 spiro atoms. The lowest BCUT2D eigenvalue weighted by Crippen LogP contribution is -2.47. The Morgan fingerprint density at radius 3 is 2.58 bits per heavy atom. The third-order valence-electron chi connectivity index (χ3n) is 3.96. The van der Waals surface area contributed by atoms with Gasteiger partial charge in [0.05, 0.1) is 4.92 Å². The van der Waals surface area contributed by atoms with Gasteiger partial charge in [-0.3, -0.25) is 20.2 Å². The summed E-state index contributed by atoms with van der Waals surface area (Å²) in [5.41, 5.74) is -0.872. The summed E-state index contributed by atoms with van der Waals surface area (Å²) in [6, 6.07) is 2.81. The second-order valence-corrected chi connectivity index (χ2v) is 6.35. The average Bonchev–Trinajstić information content (AvgIpc) is 3.07. The van der Waals surface area contributed by atoms with Crippen LogP contribution in [0.1, 0.15) is 43.0 Å². The molecule has 0 heterocycles. The summed E-state index contributed by atoms with van der Waals surface area (Å²) in [5, 5.41) is 15.9.